The average molecular weight is 1280 g/mol. The number of hydrogen-bond acceptors (Lipinski definition) is 13. The summed E-state index contributed by atoms with van der Waals surface area (Å²) in [4.78, 5) is 64.3. The summed E-state index contributed by atoms with van der Waals surface area (Å²) in [7, 11) is 0. The third kappa shape index (κ3) is 17.0. The highest BCUT2D eigenvalue weighted by Crippen LogP contribution is 2.58. The maximum absolute atomic E-state index is 12.7. The van der Waals surface area contributed by atoms with Gasteiger partial charge in [-0.2, -0.15) is 0 Å². The number of morpholine rings is 3. The standard InChI is InChI=1S/C18H28N2O3.C14H23NO.2C12H20O2.C11H14O.C10H14O3/c1-14-12-16(19-4-8-22-9-5-19)15(18(14,2)3)13-17(21)20-6-10-23-11-7-20;1-5-12-13(10-11(2)14(12,3)4)15-6-8-16-9-7-15;1-8-6-12(13)9(11(8,4)5)7-10(2,3)14-12;1-8-6-10(13)9(12(8,4)5)7-11(2,3)14;1-7-4-8-5-9(12)6-10(8)11(7,2)3;1-6-4-8(11)7(5-9(12)13)10(6,2)3/h12H,4-11,13H2,1-3H3;10H,5-9H2,1-4H3;6,9,13H,7H2,1-5H3;6,9,14H,7H2,1-5H3;4H,5-6H2,1-3H3;4,7H,5H2,1-3H3,(H,12,13). The molecule has 11 rings (SSSR count). The number of amides is 1. The number of rotatable bonds is 9. The van der Waals surface area contributed by atoms with Crippen LogP contribution in [0.1, 0.15) is 204 Å². The topological polar surface area (TPSA) is 193 Å². The number of carbonyl (C=O) groups is 5. The number of Topliss-reactive ketones (excluding diaryl/α,β-unsaturated/α-hetero) is 1. The second-order valence-electron chi connectivity index (χ2n) is 32.2. The number of aliphatic hydroxyl groups is 2. The first-order valence-electron chi connectivity index (χ1n) is 34.1. The van der Waals surface area contributed by atoms with Crippen molar-refractivity contribution in [1.82, 2.24) is 14.7 Å². The molecule has 15 heteroatoms. The molecule has 4 fully saturated rings. The average Bonchev–Trinajstić information content (AvgIpc) is 1.58. The number of allylic oxidation sites excluding steroid dienone is 14. The van der Waals surface area contributed by atoms with Crippen LogP contribution in [0.25, 0.3) is 0 Å². The maximum Gasteiger partial charge on any atom is 0.304 e. The Kier molecular flexibility index (Phi) is 23.7. The summed E-state index contributed by atoms with van der Waals surface area (Å²) in [5, 5.41) is 28.7. The van der Waals surface area contributed by atoms with E-state index < -0.39 is 17.4 Å². The second-order valence-corrected chi connectivity index (χ2v) is 32.2. The third-order valence-electron chi connectivity index (χ3n) is 23.0. The molecule has 0 spiro atoms. The first-order valence-corrected chi connectivity index (χ1v) is 34.1. The van der Waals surface area contributed by atoms with Crippen LogP contribution in [0.2, 0.25) is 0 Å². The number of carboxylic acid groups (broad SMARTS) is 1. The molecule has 0 aromatic rings. The van der Waals surface area contributed by atoms with E-state index in [0.29, 0.717) is 57.8 Å². The monoisotopic (exact) mass is 1280 g/mol. The van der Waals surface area contributed by atoms with E-state index in [1.54, 1.807) is 31.6 Å². The van der Waals surface area contributed by atoms with Crippen LogP contribution < -0.4 is 0 Å². The molecule has 0 bridgehead atoms. The van der Waals surface area contributed by atoms with Gasteiger partial charge in [-0.25, -0.2) is 0 Å². The number of fused-ring (bicyclic) bond motifs is 1. The van der Waals surface area contributed by atoms with Gasteiger partial charge in [0.25, 0.3) is 0 Å². The highest BCUT2D eigenvalue weighted by Gasteiger charge is 2.60. The van der Waals surface area contributed by atoms with Crippen molar-refractivity contribution < 1.29 is 58.2 Å². The Morgan fingerprint density at radius 2 is 1.00 bits per heavy atom. The Morgan fingerprint density at radius 3 is 1.41 bits per heavy atom. The Labute approximate surface area is 553 Å². The molecule has 0 saturated carbocycles. The molecule has 0 aromatic heterocycles. The Morgan fingerprint density at radius 1 is 0.565 bits per heavy atom. The van der Waals surface area contributed by atoms with Crippen molar-refractivity contribution in [3.63, 3.8) is 0 Å². The van der Waals surface area contributed by atoms with Gasteiger partial charge in [0, 0.05) is 97.5 Å². The van der Waals surface area contributed by atoms with Crippen molar-refractivity contribution >= 4 is 29.2 Å². The van der Waals surface area contributed by atoms with Gasteiger partial charge in [0.15, 0.2) is 17.4 Å². The summed E-state index contributed by atoms with van der Waals surface area (Å²) in [5.41, 5.74) is 14.8. The zero-order chi connectivity index (χ0) is 69.3. The van der Waals surface area contributed by atoms with Crippen molar-refractivity contribution in [3.8, 4) is 0 Å². The third-order valence-corrected chi connectivity index (χ3v) is 23.0. The van der Waals surface area contributed by atoms with Crippen LogP contribution in [-0.2, 0) is 42.9 Å². The van der Waals surface area contributed by atoms with Gasteiger partial charge in [-0.3, -0.25) is 24.0 Å². The minimum atomic E-state index is -1.02. The van der Waals surface area contributed by atoms with Crippen LogP contribution in [-0.4, -0.2) is 155 Å². The van der Waals surface area contributed by atoms with Gasteiger partial charge in [0.2, 0.25) is 5.91 Å². The van der Waals surface area contributed by atoms with Crippen LogP contribution in [0.15, 0.2) is 104 Å². The maximum atomic E-state index is 12.7. The molecule has 7 aliphatic carbocycles. The molecule has 3 N–H and O–H groups in total. The van der Waals surface area contributed by atoms with E-state index in [4.69, 9.17) is 24.1 Å². The number of aliphatic carboxylic acids is 1. The molecular weight excluding hydrogens is 1160 g/mol. The summed E-state index contributed by atoms with van der Waals surface area (Å²) in [6.07, 6.45) is 16.4. The van der Waals surface area contributed by atoms with E-state index in [2.05, 4.69) is 132 Å². The van der Waals surface area contributed by atoms with E-state index >= 15 is 0 Å². The molecule has 0 radical (unpaired) electrons. The number of hydrogen-bond donors (Lipinski definition) is 3. The largest absolute Gasteiger partial charge is 0.481 e. The van der Waals surface area contributed by atoms with E-state index in [9.17, 15) is 34.2 Å². The summed E-state index contributed by atoms with van der Waals surface area (Å²) in [6.45, 7) is 58.2. The molecule has 4 atom stereocenters. The second kappa shape index (κ2) is 28.7. The molecule has 4 unspecified atom stereocenters. The van der Waals surface area contributed by atoms with Crippen molar-refractivity contribution in [2.45, 2.75) is 221 Å². The highest BCUT2D eigenvalue weighted by molar-refractivity contribution is 5.98. The van der Waals surface area contributed by atoms with Gasteiger partial charge in [0.05, 0.1) is 63.7 Å². The van der Waals surface area contributed by atoms with Gasteiger partial charge >= 0.3 is 5.97 Å². The Balaban J connectivity index is 0.000000178. The number of ether oxygens (including phenoxy) is 4. The molecule has 11 aliphatic rings. The fourth-order valence-electron chi connectivity index (χ4n) is 14.9. The zero-order valence-electron chi connectivity index (χ0n) is 61.0. The van der Waals surface area contributed by atoms with Crippen LogP contribution in [0.5, 0.6) is 0 Å². The van der Waals surface area contributed by atoms with Gasteiger partial charge < -0.3 is 49.0 Å². The lowest BCUT2D eigenvalue weighted by molar-refractivity contribution is -0.199. The Bertz CT molecular complexity index is 3100. The molecule has 0 aromatic carbocycles. The number of nitrogens with zero attached hydrogens (tertiary/aromatic N) is 3. The van der Waals surface area contributed by atoms with Gasteiger partial charge in [-0.15, -0.1) is 0 Å². The fraction of sp³-hybridized carbons (Fsp3) is 0.701. The number of carbonyl (C=O) groups excluding carboxylic acids is 4. The molecule has 514 valence electrons. The van der Waals surface area contributed by atoms with Gasteiger partial charge in [-0.1, -0.05) is 130 Å². The van der Waals surface area contributed by atoms with Crippen molar-refractivity contribution in [2.75, 3.05) is 78.9 Å². The molecule has 15 nitrogen and oxygen atoms in total. The minimum Gasteiger partial charge on any atom is -0.481 e. The van der Waals surface area contributed by atoms with E-state index in [0.717, 1.165) is 76.6 Å². The SMILES string of the molecule is CC1=CC(=O)C(CC(=O)O)C1(C)C.CC1=CC(=O)C(CC(C)(C)O)C1(C)C.CC1=CC(N2CCOCC2)=C(CC(=O)N2CCOCC2)C1(C)C.CC1=CC2(O)OC(C)(C)CC2C1(C)C.CC1=CC2=C(CC(=O)C2)C1(C)C.CCC1=C(N2CCOCC2)C=C(C)C1(C)C. The lowest BCUT2D eigenvalue weighted by Crippen LogP contribution is -2.41. The molecule has 1 amide bonds. The van der Waals surface area contributed by atoms with Crippen molar-refractivity contribution in [1.29, 1.82) is 0 Å². The smallest absolute Gasteiger partial charge is 0.304 e. The first-order chi connectivity index (χ1) is 42.3. The first kappa shape index (κ1) is 76.0. The van der Waals surface area contributed by atoms with E-state index in [1.807, 2.05) is 52.5 Å². The number of ketones is 3. The van der Waals surface area contributed by atoms with E-state index in [1.165, 1.54) is 50.4 Å². The summed E-state index contributed by atoms with van der Waals surface area (Å²) < 4.78 is 22.0. The van der Waals surface area contributed by atoms with Gasteiger partial charge in [-0.05, 0) is 157 Å². The lowest BCUT2D eigenvalue weighted by Gasteiger charge is -2.34. The van der Waals surface area contributed by atoms with Gasteiger partial charge in [0.1, 0.15) is 5.78 Å². The normalized spacial score (nSPS) is 28.3. The predicted molar refractivity (Wildman–Crippen MR) is 366 cm³/mol. The molecule has 92 heavy (non-hydrogen) atoms. The molecule has 4 saturated heterocycles. The van der Waals surface area contributed by atoms with E-state index in [-0.39, 0.29) is 79.7 Å². The number of carboxylic acids is 1. The predicted octanol–water partition coefficient (Wildman–Crippen LogP) is 13.8. The summed E-state index contributed by atoms with van der Waals surface area (Å²) in [5.74, 6) is -1.45. The van der Waals surface area contributed by atoms with Crippen LogP contribution in [0.3, 0.4) is 0 Å². The van der Waals surface area contributed by atoms with Crippen LogP contribution in [0.4, 0.5) is 0 Å². The van der Waals surface area contributed by atoms with Crippen molar-refractivity contribution in [2.24, 2.45) is 50.2 Å². The summed E-state index contributed by atoms with van der Waals surface area (Å²) in [6, 6.07) is 0. The molecule has 4 aliphatic heterocycles. The molecular formula is C77H119N3O12. The molecule has 4 heterocycles. The lowest BCUT2D eigenvalue weighted by atomic mass is 9.73. The zero-order valence-corrected chi connectivity index (χ0v) is 61.0. The van der Waals surface area contributed by atoms with Crippen LogP contribution >= 0.6 is 0 Å². The van der Waals surface area contributed by atoms with Crippen LogP contribution in [0, 0.1) is 50.2 Å². The quantitative estimate of drug-likeness (QED) is 0.185. The summed E-state index contributed by atoms with van der Waals surface area (Å²) >= 11 is 0. The van der Waals surface area contributed by atoms with Crippen molar-refractivity contribution in [3.05, 3.63) is 104 Å². The fourth-order valence-corrected chi connectivity index (χ4v) is 14.9. The minimum absolute atomic E-state index is 0.0460. The highest BCUT2D eigenvalue weighted by atomic mass is 16.6. The Hall–Kier alpha value is -5.03.